The van der Waals surface area contributed by atoms with E-state index >= 15 is 0 Å². The van der Waals surface area contributed by atoms with E-state index in [4.69, 9.17) is 5.11 Å². The third kappa shape index (κ3) is 2.49. The second kappa shape index (κ2) is 4.49. The smallest absolute Gasteiger partial charge is 0.325 e. The molecule has 0 spiro atoms. The van der Waals surface area contributed by atoms with Crippen LogP contribution in [0.25, 0.3) is 0 Å². The van der Waals surface area contributed by atoms with Crippen molar-refractivity contribution < 1.29 is 14.7 Å². The van der Waals surface area contributed by atoms with Crippen LogP contribution in [0.4, 0.5) is 0 Å². The first kappa shape index (κ1) is 12.1. The third-order valence-electron chi connectivity index (χ3n) is 3.09. The Kier molecular flexibility index (Phi) is 3.19. The number of aliphatic carboxylic acids is 1. The van der Waals surface area contributed by atoms with E-state index in [9.17, 15) is 9.59 Å². The second-order valence-corrected chi connectivity index (χ2v) is 5.43. The predicted octanol–water partition coefficient (Wildman–Crippen LogP) is 1.75. The number of carboxylic acid groups (broad SMARTS) is 1. The van der Waals surface area contributed by atoms with Gasteiger partial charge in [-0.2, -0.15) is 0 Å². The molecule has 1 saturated carbocycles. The maximum Gasteiger partial charge on any atom is 0.325 e. The minimum absolute atomic E-state index is 0.0471. The SMILES string of the molecule is Cc1ccsc1[C@@H]1C[C@@H]1C(=O)N[C@H](C)C(=O)O. The Balaban J connectivity index is 1.93. The van der Waals surface area contributed by atoms with E-state index in [2.05, 4.69) is 5.32 Å². The molecular formula is C12H15NO3S. The lowest BCUT2D eigenvalue weighted by Crippen LogP contribution is -2.39. The van der Waals surface area contributed by atoms with Gasteiger partial charge in [0.25, 0.3) is 0 Å². The Bertz CT molecular complexity index is 454. The maximum atomic E-state index is 11.8. The summed E-state index contributed by atoms with van der Waals surface area (Å²) in [7, 11) is 0. The van der Waals surface area contributed by atoms with Crippen molar-refractivity contribution in [2.45, 2.75) is 32.2 Å². The van der Waals surface area contributed by atoms with E-state index in [1.54, 1.807) is 11.3 Å². The molecular weight excluding hydrogens is 238 g/mol. The lowest BCUT2D eigenvalue weighted by molar-refractivity contribution is -0.141. The van der Waals surface area contributed by atoms with Crippen molar-refractivity contribution in [3.05, 3.63) is 21.9 Å². The minimum atomic E-state index is -0.997. The Morgan fingerprint density at radius 3 is 2.82 bits per heavy atom. The van der Waals surface area contributed by atoms with Crippen LogP contribution in [0.15, 0.2) is 11.4 Å². The molecule has 2 rings (SSSR count). The van der Waals surface area contributed by atoms with Crippen LogP contribution < -0.4 is 5.32 Å². The number of hydrogen-bond acceptors (Lipinski definition) is 3. The largest absolute Gasteiger partial charge is 0.480 e. The highest BCUT2D eigenvalue weighted by molar-refractivity contribution is 7.10. The Labute approximate surface area is 104 Å². The van der Waals surface area contributed by atoms with Gasteiger partial charge in [-0.05, 0) is 37.3 Å². The lowest BCUT2D eigenvalue weighted by Gasteiger charge is -2.08. The molecule has 1 aromatic heterocycles. The van der Waals surface area contributed by atoms with Crippen molar-refractivity contribution in [1.29, 1.82) is 0 Å². The molecule has 0 bridgehead atoms. The highest BCUT2D eigenvalue weighted by Crippen LogP contribution is 2.50. The second-order valence-electron chi connectivity index (χ2n) is 4.49. The molecule has 0 unspecified atom stereocenters. The summed E-state index contributed by atoms with van der Waals surface area (Å²) < 4.78 is 0. The third-order valence-corrected chi connectivity index (χ3v) is 4.25. The number of carboxylic acids is 1. The number of carbonyl (C=O) groups is 2. The summed E-state index contributed by atoms with van der Waals surface area (Å²) >= 11 is 1.67. The standard InChI is InChI=1S/C12H15NO3S/c1-6-3-4-17-10(6)8-5-9(8)11(14)13-7(2)12(15)16/h3-4,7-9H,5H2,1-2H3,(H,13,14)(H,15,16)/t7-,8-,9+/m1/s1. The summed E-state index contributed by atoms with van der Waals surface area (Å²) in [6.07, 6.45) is 0.833. The number of carbonyl (C=O) groups excluding carboxylic acids is 1. The first-order valence-corrected chi connectivity index (χ1v) is 6.46. The van der Waals surface area contributed by atoms with Gasteiger partial charge in [-0.25, -0.2) is 0 Å². The number of amides is 1. The van der Waals surface area contributed by atoms with Crippen LogP contribution in [0.5, 0.6) is 0 Å². The van der Waals surface area contributed by atoms with E-state index < -0.39 is 12.0 Å². The van der Waals surface area contributed by atoms with Gasteiger partial charge in [-0.3, -0.25) is 9.59 Å². The average Bonchev–Trinajstić information content (AvgIpc) is 2.94. The fourth-order valence-electron chi connectivity index (χ4n) is 1.92. The average molecular weight is 253 g/mol. The number of hydrogen-bond donors (Lipinski definition) is 2. The summed E-state index contributed by atoms with van der Waals surface area (Å²) in [5.74, 6) is -0.898. The zero-order valence-electron chi connectivity index (χ0n) is 9.77. The van der Waals surface area contributed by atoms with Gasteiger partial charge in [0.15, 0.2) is 0 Å². The quantitative estimate of drug-likeness (QED) is 0.859. The van der Waals surface area contributed by atoms with Crippen molar-refractivity contribution in [3.63, 3.8) is 0 Å². The van der Waals surface area contributed by atoms with Crippen LogP contribution in [0.2, 0.25) is 0 Å². The van der Waals surface area contributed by atoms with Gasteiger partial charge >= 0.3 is 5.97 Å². The van der Waals surface area contributed by atoms with E-state index in [0.717, 1.165) is 6.42 Å². The summed E-state index contributed by atoms with van der Waals surface area (Å²) in [4.78, 5) is 23.7. The highest BCUT2D eigenvalue weighted by atomic mass is 32.1. The van der Waals surface area contributed by atoms with Crippen molar-refractivity contribution in [1.82, 2.24) is 5.32 Å². The zero-order chi connectivity index (χ0) is 12.6. The fourth-order valence-corrected chi connectivity index (χ4v) is 3.03. The van der Waals surface area contributed by atoms with E-state index in [0.29, 0.717) is 0 Å². The Hall–Kier alpha value is -1.36. The molecule has 4 nitrogen and oxygen atoms in total. The van der Waals surface area contributed by atoms with Crippen LogP contribution >= 0.6 is 11.3 Å². The fraction of sp³-hybridized carbons (Fsp3) is 0.500. The Morgan fingerprint density at radius 1 is 1.59 bits per heavy atom. The lowest BCUT2D eigenvalue weighted by atomic mass is 10.2. The summed E-state index contributed by atoms with van der Waals surface area (Å²) in [6, 6.07) is 1.24. The molecule has 1 amide bonds. The molecule has 0 aromatic carbocycles. The number of aryl methyl sites for hydroxylation is 1. The number of rotatable bonds is 4. The van der Waals surface area contributed by atoms with Gasteiger partial charge in [-0.1, -0.05) is 0 Å². The molecule has 1 aromatic rings. The van der Waals surface area contributed by atoms with Gasteiger partial charge in [0.2, 0.25) is 5.91 Å². The molecule has 1 heterocycles. The van der Waals surface area contributed by atoms with Crippen molar-refractivity contribution in [3.8, 4) is 0 Å². The van der Waals surface area contributed by atoms with Crippen LogP contribution in [-0.2, 0) is 9.59 Å². The minimum Gasteiger partial charge on any atom is -0.480 e. The van der Waals surface area contributed by atoms with Crippen molar-refractivity contribution >= 4 is 23.2 Å². The molecule has 1 aliphatic carbocycles. The summed E-state index contributed by atoms with van der Waals surface area (Å²) in [5.41, 5.74) is 1.22. The van der Waals surface area contributed by atoms with Crippen LogP contribution in [0.3, 0.4) is 0 Å². The monoisotopic (exact) mass is 253 g/mol. The molecule has 92 valence electrons. The molecule has 1 fully saturated rings. The first-order chi connectivity index (χ1) is 8.00. The van der Waals surface area contributed by atoms with Crippen LogP contribution in [-0.4, -0.2) is 23.0 Å². The molecule has 0 saturated heterocycles. The van der Waals surface area contributed by atoms with Crippen molar-refractivity contribution in [2.75, 3.05) is 0 Å². The molecule has 1 aliphatic rings. The Morgan fingerprint density at radius 2 is 2.29 bits per heavy atom. The van der Waals surface area contributed by atoms with Gasteiger partial charge in [0.1, 0.15) is 6.04 Å². The highest BCUT2D eigenvalue weighted by Gasteiger charge is 2.45. The van der Waals surface area contributed by atoms with Crippen LogP contribution in [0.1, 0.15) is 29.7 Å². The molecule has 2 N–H and O–H groups in total. The molecule has 17 heavy (non-hydrogen) atoms. The van der Waals surface area contributed by atoms with Crippen LogP contribution in [0, 0.1) is 12.8 Å². The zero-order valence-corrected chi connectivity index (χ0v) is 10.6. The van der Waals surface area contributed by atoms with Crippen molar-refractivity contribution in [2.24, 2.45) is 5.92 Å². The summed E-state index contributed by atoms with van der Waals surface area (Å²) in [6.45, 7) is 3.52. The summed E-state index contributed by atoms with van der Waals surface area (Å²) in [5, 5.41) is 13.3. The molecule has 5 heteroatoms. The van der Waals surface area contributed by atoms with Gasteiger partial charge in [0, 0.05) is 16.7 Å². The maximum absolute atomic E-state index is 11.8. The van der Waals surface area contributed by atoms with E-state index in [1.165, 1.54) is 17.4 Å². The van der Waals surface area contributed by atoms with Gasteiger partial charge in [0.05, 0.1) is 0 Å². The number of thiophene rings is 1. The normalized spacial score (nSPS) is 24.1. The molecule has 3 atom stereocenters. The molecule has 0 aliphatic heterocycles. The first-order valence-electron chi connectivity index (χ1n) is 5.58. The number of nitrogens with one attached hydrogen (secondary N) is 1. The van der Waals surface area contributed by atoms with Gasteiger partial charge in [-0.15, -0.1) is 11.3 Å². The van der Waals surface area contributed by atoms with Gasteiger partial charge < -0.3 is 10.4 Å². The van der Waals surface area contributed by atoms with E-state index in [-0.39, 0.29) is 17.7 Å². The van der Waals surface area contributed by atoms with E-state index in [1.807, 2.05) is 18.4 Å². The molecule has 0 radical (unpaired) electrons. The predicted molar refractivity (Wildman–Crippen MR) is 65.1 cm³/mol. The topological polar surface area (TPSA) is 66.4 Å².